The second-order valence-electron chi connectivity index (χ2n) is 4.43. The summed E-state index contributed by atoms with van der Waals surface area (Å²) in [6.45, 7) is 9.89. The van der Waals surface area contributed by atoms with Gasteiger partial charge in [0.2, 0.25) is 0 Å². The monoisotopic (exact) mass is 375 g/mol. The molecule has 0 saturated carbocycles. The number of ether oxygens (including phenoxy) is 1. The normalized spacial score (nSPS) is 13.5. The van der Waals surface area contributed by atoms with Gasteiger partial charge in [-0.15, -0.1) is 6.58 Å². The molecule has 0 amide bonds. The van der Waals surface area contributed by atoms with Crippen molar-refractivity contribution in [2.24, 2.45) is 0 Å². The van der Waals surface area contributed by atoms with Gasteiger partial charge in [-0.2, -0.15) is 0 Å². The summed E-state index contributed by atoms with van der Waals surface area (Å²) in [5.41, 5.74) is 0.288. The number of allylic oxidation sites excluding steroid dienone is 1. The van der Waals surface area contributed by atoms with Crippen LogP contribution in [0, 0.1) is 0 Å². The Balaban J connectivity index is 3.17. The molecule has 1 heterocycles. The fourth-order valence-electron chi connectivity index (χ4n) is 1.78. The Labute approximate surface area is 137 Å². The maximum absolute atomic E-state index is 12.5. The molecule has 0 aliphatic rings. The highest BCUT2D eigenvalue weighted by molar-refractivity contribution is 9.09. The second kappa shape index (κ2) is 8.36. The average Bonchev–Trinajstić information content (AvgIpc) is 2.47. The zero-order chi connectivity index (χ0) is 16.0. The van der Waals surface area contributed by atoms with Crippen LogP contribution < -0.4 is 10.9 Å². The van der Waals surface area contributed by atoms with E-state index in [0.29, 0.717) is 12.3 Å². The molecule has 2 atom stereocenters. The Morgan fingerprint density at radius 3 is 2.90 bits per heavy atom. The van der Waals surface area contributed by atoms with Crippen LogP contribution in [0.3, 0.4) is 0 Å². The summed E-state index contributed by atoms with van der Waals surface area (Å²) in [6.07, 6.45) is 3.91. The smallest absolute Gasteiger partial charge is 0.294 e. The van der Waals surface area contributed by atoms with Crippen LogP contribution in [0.25, 0.3) is 0 Å². The summed E-state index contributed by atoms with van der Waals surface area (Å²) >= 11 is 9.37. The zero-order valence-corrected chi connectivity index (χ0v) is 14.4. The summed E-state index contributed by atoms with van der Waals surface area (Å²) < 4.78 is 6.67. The molecule has 0 aliphatic heterocycles. The highest BCUT2D eigenvalue weighted by atomic mass is 79.9. The summed E-state index contributed by atoms with van der Waals surface area (Å²) in [7, 11) is 1.59. The van der Waals surface area contributed by atoms with Gasteiger partial charge in [0.1, 0.15) is 5.15 Å². The Kier molecular flexibility index (Phi) is 7.14. The molecule has 0 aromatic carbocycles. The first-order chi connectivity index (χ1) is 9.94. The minimum atomic E-state index is -0.270. The average molecular weight is 377 g/mol. The molecule has 1 aromatic rings. The number of rotatable bonds is 8. The van der Waals surface area contributed by atoms with Crippen molar-refractivity contribution in [3.8, 4) is 0 Å². The Morgan fingerprint density at radius 2 is 2.38 bits per heavy atom. The molecule has 0 bridgehead atoms. The first-order valence-electron chi connectivity index (χ1n) is 6.44. The van der Waals surface area contributed by atoms with Gasteiger partial charge < -0.3 is 14.6 Å². The number of hydrogen-bond donors (Lipinski definition) is 1. The molecule has 0 radical (unpaired) electrons. The Hall–Kier alpha value is -1.11. The molecule has 1 rings (SSSR count). The van der Waals surface area contributed by atoms with E-state index in [1.807, 2.05) is 6.92 Å². The minimum absolute atomic E-state index is 0.101. The summed E-state index contributed by atoms with van der Waals surface area (Å²) in [6, 6.07) is -0.101. The lowest BCUT2D eigenvalue weighted by Gasteiger charge is -2.19. The molecule has 116 valence electrons. The van der Waals surface area contributed by atoms with Crippen LogP contribution in [0.2, 0.25) is 5.15 Å². The van der Waals surface area contributed by atoms with Gasteiger partial charge in [-0.05, 0) is 6.42 Å². The quantitative estimate of drug-likeness (QED) is 0.558. The lowest BCUT2D eigenvalue weighted by Crippen LogP contribution is -2.30. The minimum Gasteiger partial charge on any atom is -0.383 e. The van der Waals surface area contributed by atoms with Gasteiger partial charge in [0, 0.05) is 19.0 Å². The van der Waals surface area contributed by atoms with Gasteiger partial charge in [-0.1, -0.05) is 47.1 Å². The van der Waals surface area contributed by atoms with Gasteiger partial charge in [0.05, 0.1) is 17.5 Å². The van der Waals surface area contributed by atoms with Gasteiger partial charge in [-0.3, -0.25) is 4.79 Å². The number of halogens is 2. The zero-order valence-electron chi connectivity index (χ0n) is 12.1. The van der Waals surface area contributed by atoms with E-state index in [-0.39, 0.29) is 27.4 Å². The molecule has 1 N–H and O–H groups in total. The van der Waals surface area contributed by atoms with E-state index in [9.17, 15) is 4.79 Å². The third kappa shape index (κ3) is 4.69. The van der Waals surface area contributed by atoms with Gasteiger partial charge >= 0.3 is 0 Å². The lowest BCUT2D eigenvalue weighted by atomic mass is 10.2. The molecule has 1 unspecified atom stereocenters. The predicted octanol–water partition coefficient (Wildman–Crippen LogP) is 3.37. The fraction of sp³-hybridized carbons (Fsp3) is 0.429. The molecule has 0 aliphatic carbocycles. The van der Waals surface area contributed by atoms with Gasteiger partial charge in [0.25, 0.3) is 5.56 Å². The highest BCUT2D eigenvalue weighted by Crippen LogP contribution is 2.17. The van der Waals surface area contributed by atoms with E-state index in [4.69, 9.17) is 16.3 Å². The molecular formula is C14H19BrClN3O2. The van der Waals surface area contributed by atoms with E-state index >= 15 is 0 Å². The predicted molar refractivity (Wildman–Crippen MR) is 90.4 cm³/mol. The largest absolute Gasteiger partial charge is 0.383 e. The van der Waals surface area contributed by atoms with Crippen molar-refractivity contribution in [2.45, 2.75) is 24.2 Å². The van der Waals surface area contributed by atoms with E-state index in [0.717, 1.165) is 6.42 Å². The second-order valence-corrected chi connectivity index (χ2v) is 5.80. The summed E-state index contributed by atoms with van der Waals surface area (Å²) in [4.78, 5) is 16.3. The number of aromatic nitrogens is 2. The molecule has 0 spiro atoms. The number of nitrogens with one attached hydrogen (secondary N) is 1. The molecule has 1 aromatic heterocycles. The molecule has 7 heteroatoms. The first kappa shape index (κ1) is 17.9. The Morgan fingerprint density at radius 1 is 1.71 bits per heavy atom. The SMILES string of the molecule is C=CC(Br)C(=C)Nc1nc(Cl)cn([C@H](CC)COC)c1=O. The third-order valence-electron chi connectivity index (χ3n) is 2.94. The van der Waals surface area contributed by atoms with E-state index in [1.54, 1.807) is 13.2 Å². The number of hydrogen-bond acceptors (Lipinski definition) is 4. The molecular weight excluding hydrogens is 358 g/mol. The number of methoxy groups -OCH3 is 1. The van der Waals surface area contributed by atoms with Gasteiger partial charge in [0.15, 0.2) is 5.82 Å². The molecule has 21 heavy (non-hydrogen) atoms. The van der Waals surface area contributed by atoms with Crippen LogP contribution in [0.4, 0.5) is 5.82 Å². The molecule has 5 nitrogen and oxygen atoms in total. The van der Waals surface area contributed by atoms with Gasteiger partial charge in [-0.25, -0.2) is 4.98 Å². The highest BCUT2D eigenvalue weighted by Gasteiger charge is 2.16. The van der Waals surface area contributed by atoms with Crippen molar-refractivity contribution >= 4 is 33.3 Å². The van der Waals surface area contributed by atoms with E-state index < -0.39 is 0 Å². The van der Waals surface area contributed by atoms with Crippen LogP contribution in [-0.2, 0) is 4.74 Å². The summed E-state index contributed by atoms with van der Waals surface area (Å²) in [5, 5.41) is 3.11. The van der Waals surface area contributed by atoms with E-state index in [2.05, 4.69) is 39.4 Å². The number of alkyl halides is 1. The third-order valence-corrected chi connectivity index (χ3v) is 4.05. The first-order valence-corrected chi connectivity index (χ1v) is 7.74. The van der Waals surface area contributed by atoms with Crippen LogP contribution in [0.15, 0.2) is 35.9 Å². The van der Waals surface area contributed by atoms with Crippen LogP contribution in [0.5, 0.6) is 0 Å². The fourth-order valence-corrected chi connectivity index (χ4v) is 2.09. The maximum Gasteiger partial charge on any atom is 0.294 e. The van der Waals surface area contributed by atoms with Crippen LogP contribution in [0.1, 0.15) is 19.4 Å². The van der Waals surface area contributed by atoms with Crippen molar-refractivity contribution in [2.75, 3.05) is 19.0 Å². The Bertz CT molecular complexity index is 574. The topological polar surface area (TPSA) is 56.1 Å². The van der Waals surface area contributed by atoms with Crippen molar-refractivity contribution in [1.82, 2.24) is 9.55 Å². The molecule has 0 saturated heterocycles. The lowest BCUT2D eigenvalue weighted by molar-refractivity contribution is 0.151. The number of nitrogens with zero attached hydrogens (tertiary/aromatic N) is 2. The van der Waals surface area contributed by atoms with Crippen molar-refractivity contribution < 1.29 is 4.74 Å². The maximum atomic E-state index is 12.5. The molecule has 0 fully saturated rings. The standard InChI is InChI=1S/C14H19BrClN3O2/c1-5-10(8-21-4)19-7-12(16)18-13(14(19)20)17-9(3)11(15)6-2/h6-7,10-11H,2-3,5,8H2,1,4H3,(H,17,18)/t10-,11?/m1/s1. The van der Waals surface area contributed by atoms with E-state index in [1.165, 1.54) is 10.8 Å². The number of anilines is 1. The van der Waals surface area contributed by atoms with Crippen molar-refractivity contribution in [3.63, 3.8) is 0 Å². The van der Waals surface area contributed by atoms with Crippen LogP contribution >= 0.6 is 27.5 Å². The van der Waals surface area contributed by atoms with Crippen molar-refractivity contribution in [3.05, 3.63) is 46.6 Å². The van der Waals surface area contributed by atoms with Crippen LogP contribution in [-0.4, -0.2) is 28.1 Å². The van der Waals surface area contributed by atoms with Crippen molar-refractivity contribution in [1.29, 1.82) is 0 Å². The summed E-state index contributed by atoms with van der Waals surface area (Å²) in [5.74, 6) is 0.133.